The van der Waals surface area contributed by atoms with Crippen LogP contribution in [0.5, 0.6) is 0 Å². The highest BCUT2D eigenvalue weighted by atomic mass is 35.5. The van der Waals surface area contributed by atoms with Gasteiger partial charge in [0.15, 0.2) is 0 Å². The normalized spacial score (nSPS) is 18.3. The minimum Gasteiger partial charge on any atom is -0.480 e. The third-order valence-electron chi connectivity index (χ3n) is 4.37. The van der Waals surface area contributed by atoms with Gasteiger partial charge in [-0.2, -0.15) is 0 Å². The van der Waals surface area contributed by atoms with Crippen LogP contribution in [0.15, 0.2) is 0 Å². The van der Waals surface area contributed by atoms with Crippen molar-refractivity contribution in [1.82, 2.24) is 4.90 Å². The molecule has 1 unspecified atom stereocenters. The van der Waals surface area contributed by atoms with Gasteiger partial charge < -0.3 is 25.8 Å². The molecule has 128 valence electrons. The van der Waals surface area contributed by atoms with Crippen molar-refractivity contribution in [2.45, 2.75) is 50.9 Å². The highest BCUT2D eigenvalue weighted by molar-refractivity contribution is 6.40. The van der Waals surface area contributed by atoms with E-state index in [0.29, 0.717) is 45.2 Å². The van der Waals surface area contributed by atoms with Crippen molar-refractivity contribution in [3.05, 3.63) is 0 Å². The van der Waals surface area contributed by atoms with E-state index in [1.165, 1.54) is 6.92 Å². The second-order valence-electron chi connectivity index (χ2n) is 5.85. The van der Waals surface area contributed by atoms with Gasteiger partial charge in [0.1, 0.15) is 5.54 Å². The molecule has 0 saturated carbocycles. The number of nitrogens with two attached hydrogens (primary N) is 1. The molecule has 9 heteroatoms. The molecule has 1 aliphatic rings. The number of carboxylic acids is 1. The predicted octanol–water partition coefficient (Wildman–Crippen LogP) is 0.0919. The third-order valence-corrected chi connectivity index (χ3v) is 4.37. The van der Waals surface area contributed by atoms with E-state index in [-0.39, 0.29) is 30.6 Å². The minimum atomic E-state index is -1.36. The third kappa shape index (κ3) is 5.76. The molecule has 0 aromatic heterocycles. The summed E-state index contributed by atoms with van der Waals surface area (Å²) in [7, 11) is -1.36. The summed E-state index contributed by atoms with van der Waals surface area (Å²) < 4.78 is 0. The number of hydrogen-bond acceptors (Lipinski definition) is 5. The number of aliphatic carboxylic acids is 1. The van der Waals surface area contributed by atoms with Crippen LogP contribution < -0.4 is 5.73 Å². The Morgan fingerprint density at radius 2 is 1.82 bits per heavy atom. The number of carbonyl (C=O) groups is 2. The van der Waals surface area contributed by atoms with Gasteiger partial charge >= 0.3 is 13.1 Å². The van der Waals surface area contributed by atoms with Gasteiger partial charge in [0, 0.05) is 20.0 Å². The Balaban J connectivity index is 0.00000441. The molecule has 1 heterocycles. The number of hydrogen-bond donors (Lipinski definition) is 4. The summed E-state index contributed by atoms with van der Waals surface area (Å²) in [5, 5.41) is 27.0. The fraction of sp³-hybridized carbons (Fsp3) is 0.846. The maximum atomic E-state index is 11.6. The van der Waals surface area contributed by atoms with Gasteiger partial charge in [-0.05, 0) is 31.5 Å². The van der Waals surface area contributed by atoms with Crippen LogP contribution in [0, 0.1) is 5.92 Å². The topological polar surface area (TPSA) is 124 Å². The van der Waals surface area contributed by atoms with Crippen molar-refractivity contribution in [1.29, 1.82) is 0 Å². The number of carboxylic acid groups (broad SMARTS) is 1. The fourth-order valence-electron chi connectivity index (χ4n) is 2.94. The smallest absolute Gasteiger partial charge is 0.451 e. The number of unbranched alkanes of at least 4 members (excludes halogenated alkanes) is 1. The Hall–Kier alpha value is -0.825. The zero-order chi connectivity index (χ0) is 16.0. The summed E-state index contributed by atoms with van der Waals surface area (Å²) in [6.45, 7) is 2.59. The standard InChI is InChI=1S/C13H25BN2O5.ClH/c1-10(17)16-8-4-11(5-9-16)13(15,12(18)19)6-2-3-7-14(20)21;/h11,20-21H,2-9,15H2,1H3,(H,18,19);1H. The first-order chi connectivity index (χ1) is 9.77. The molecule has 0 aliphatic carbocycles. The number of carbonyl (C=O) groups excluding carboxylic acids is 1. The molecule has 1 atom stereocenters. The molecule has 1 saturated heterocycles. The lowest BCUT2D eigenvalue weighted by molar-refractivity contribution is -0.147. The molecule has 5 N–H and O–H groups in total. The zero-order valence-electron chi connectivity index (χ0n) is 12.9. The van der Waals surface area contributed by atoms with Crippen molar-refractivity contribution in [2.75, 3.05) is 13.1 Å². The Morgan fingerprint density at radius 3 is 2.23 bits per heavy atom. The molecule has 0 spiro atoms. The summed E-state index contributed by atoms with van der Waals surface area (Å²) in [6, 6.07) is 0. The lowest BCUT2D eigenvalue weighted by Crippen LogP contribution is -2.57. The van der Waals surface area contributed by atoms with E-state index in [1.54, 1.807) is 4.90 Å². The van der Waals surface area contributed by atoms with E-state index in [0.717, 1.165) is 0 Å². The number of nitrogens with zero attached hydrogens (tertiary/aromatic N) is 1. The lowest BCUT2D eigenvalue weighted by atomic mass is 9.74. The SMILES string of the molecule is CC(=O)N1CCC(C(N)(CCCCB(O)O)C(=O)O)CC1.Cl. The molecule has 1 fully saturated rings. The summed E-state index contributed by atoms with van der Waals surface area (Å²) in [6.07, 6.45) is 2.76. The fourth-order valence-corrected chi connectivity index (χ4v) is 2.94. The van der Waals surface area contributed by atoms with E-state index in [2.05, 4.69) is 0 Å². The Bertz CT molecular complexity index is 377. The maximum absolute atomic E-state index is 11.6. The first-order valence-electron chi connectivity index (χ1n) is 7.41. The van der Waals surface area contributed by atoms with E-state index in [9.17, 15) is 14.7 Å². The van der Waals surface area contributed by atoms with E-state index < -0.39 is 18.6 Å². The first-order valence-corrected chi connectivity index (χ1v) is 7.41. The number of halogens is 1. The summed E-state index contributed by atoms with van der Waals surface area (Å²) >= 11 is 0. The largest absolute Gasteiger partial charge is 0.480 e. The van der Waals surface area contributed by atoms with Crippen molar-refractivity contribution in [2.24, 2.45) is 11.7 Å². The zero-order valence-corrected chi connectivity index (χ0v) is 13.7. The van der Waals surface area contributed by atoms with Gasteiger partial charge in [-0.15, -0.1) is 12.4 Å². The number of amides is 1. The van der Waals surface area contributed by atoms with Crippen molar-refractivity contribution in [3.8, 4) is 0 Å². The monoisotopic (exact) mass is 336 g/mol. The quantitative estimate of drug-likeness (QED) is 0.386. The van der Waals surface area contributed by atoms with Gasteiger partial charge in [0.2, 0.25) is 5.91 Å². The van der Waals surface area contributed by atoms with Crippen LogP contribution >= 0.6 is 12.4 Å². The highest BCUT2D eigenvalue weighted by Crippen LogP contribution is 2.31. The molecule has 0 bridgehead atoms. The maximum Gasteiger partial charge on any atom is 0.451 e. The van der Waals surface area contributed by atoms with E-state index >= 15 is 0 Å². The molecule has 1 amide bonds. The van der Waals surface area contributed by atoms with Gasteiger partial charge in [0.05, 0.1) is 0 Å². The van der Waals surface area contributed by atoms with Crippen LogP contribution in [0.4, 0.5) is 0 Å². The van der Waals surface area contributed by atoms with E-state index in [1.807, 2.05) is 0 Å². The second-order valence-corrected chi connectivity index (χ2v) is 5.85. The summed E-state index contributed by atoms with van der Waals surface area (Å²) in [5.41, 5.74) is 4.82. The van der Waals surface area contributed by atoms with Crippen LogP contribution in [0.1, 0.15) is 39.0 Å². The summed E-state index contributed by atoms with van der Waals surface area (Å²) in [5.74, 6) is -1.18. The number of rotatable bonds is 7. The van der Waals surface area contributed by atoms with Crippen LogP contribution in [-0.2, 0) is 9.59 Å². The molecule has 1 rings (SSSR count). The van der Waals surface area contributed by atoms with Gasteiger partial charge in [0.25, 0.3) is 0 Å². The van der Waals surface area contributed by atoms with Crippen LogP contribution in [0.2, 0.25) is 6.32 Å². The Kier molecular flexibility index (Phi) is 8.99. The molecular weight excluding hydrogens is 310 g/mol. The average molecular weight is 337 g/mol. The van der Waals surface area contributed by atoms with Crippen molar-refractivity contribution >= 4 is 31.4 Å². The van der Waals surface area contributed by atoms with Gasteiger partial charge in [-0.25, -0.2) is 0 Å². The molecule has 7 nitrogen and oxygen atoms in total. The van der Waals surface area contributed by atoms with Crippen molar-refractivity contribution < 1.29 is 24.7 Å². The van der Waals surface area contributed by atoms with Crippen molar-refractivity contribution in [3.63, 3.8) is 0 Å². The number of likely N-dealkylation sites (tertiary alicyclic amines) is 1. The van der Waals surface area contributed by atoms with Crippen LogP contribution in [0.3, 0.4) is 0 Å². The Labute approximate surface area is 137 Å². The Morgan fingerprint density at radius 1 is 1.27 bits per heavy atom. The lowest BCUT2D eigenvalue weighted by Gasteiger charge is -2.39. The molecule has 22 heavy (non-hydrogen) atoms. The highest BCUT2D eigenvalue weighted by Gasteiger charge is 2.43. The van der Waals surface area contributed by atoms with Gasteiger partial charge in [-0.1, -0.05) is 12.8 Å². The summed E-state index contributed by atoms with van der Waals surface area (Å²) in [4.78, 5) is 24.6. The molecule has 1 aliphatic heterocycles. The molecule has 0 aromatic carbocycles. The minimum absolute atomic E-state index is 0. The predicted molar refractivity (Wildman–Crippen MR) is 85.6 cm³/mol. The van der Waals surface area contributed by atoms with Gasteiger partial charge in [-0.3, -0.25) is 9.59 Å². The second kappa shape index (κ2) is 9.34. The number of piperidine rings is 1. The van der Waals surface area contributed by atoms with Crippen LogP contribution in [-0.4, -0.2) is 57.7 Å². The molecular formula is C13H26BClN2O5. The van der Waals surface area contributed by atoms with Crippen LogP contribution in [0.25, 0.3) is 0 Å². The molecule has 0 aromatic rings. The molecule has 0 radical (unpaired) electrons. The van der Waals surface area contributed by atoms with E-state index in [4.69, 9.17) is 15.8 Å². The first kappa shape index (κ1) is 21.2. The average Bonchev–Trinajstić information content (AvgIpc) is 2.43.